The molecule has 1 rings (SSSR count). The van der Waals surface area contributed by atoms with Crippen molar-refractivity contribution in [1.82, 2.24) is 10.0 Å². The van der Waals surface area contributed by atoms with Gasteiger partial charge in [-0.05, 0) is 31.5 Å². The summed E-state index contributed by atoms with van der Waals surface area (Å²) in [5.74, 6) is 1.90. The largest absolute Gasteiger partial charge is 0.350 e. The molecule has 20 heavy (non-hydrogen) atoms. The van der Waals surface area contributed by atoms with Crippen LogP contribution >= 0.6 is 0 Å². The Morgan fingerprint density at radius 3 is 2.75 bits per heavy atom. The third-order valence-electron chi connectivity index (χ3n) is 2.76. The Morgan fingerprint density at radius 2 is 2.15 bits per heavy atom. The fraction of sp³-hybridized carbons (Fsp3) is 0.357. The number of hydrogen-bond acceptors (Lipinski definition) is 3. The van der Waals surface area contributed by atoms with E-state index in [1.54, 1.807) is 6.07 Å². The van der Waals surface area contributed by atoms with Gasteiger partial charge in [0.2, 0.25) is 10.0 Å². The van der Waals surface area contributed by atoms with Gasteiger partial charge in [0.25, 0.3) is 5.91 Å². The van der Waals surface area contributed by atoms with E-state index in [9.17, 15) is 13.2 Å². The SMILES string of the molecule is C#CCNS(=O)(=O)c1cccc(C(=O)NC(C)CC)c1. The van der Waals surface area contributed by atoms with Crippen LogP contribution in [-0.4, -0.2) is 26.9 Å². The van der Waals surface area contributed by atoms with Crippen molar-refractivity contribution in [2.24, 2.45) is 0 Å². The highest BCUT2D eigenvalue weighted by atomic mass is 32.2. The van der Waals surface area contributed by atoms with E-state index >= 15 is 0 Å². The van der Waals surface area contributed by atoms with Crippen molar-refractivity contribution in [3.8, 4) is 12.3 Å². The molecule has 1 aromatic rings. The maximum atomic E-state index is 11.9. The standard InChI is InChI=1S/C14H18N2O3S/c1-4-9-15-20(18,19)13-8-6-7-12(10-13)14(17)16-11(3)5-2/h1,6-8,10-11,15H,5,9H2,2-3H3,(H,16,17). The first-order valence-corrected chi connectivity index (χ1v) is 7.73. The molecule has 0 fully saturated rings. The highest BCUT2D eigenvalue weighted by Crippen LogP contribution is 2.11. The molecule has 0 heterocycles. The van der Waals surface area contributed by atoms with Gasteiger partial charge < -0.3 is 5.32 Å². The molecule has 0 saturated heterocycles. The average molecular weight is 294 g/mol. The smallest absolute Gasteiger partial charge is 0.251 e. The van der Waals surface area contributed by atoms with Crippen LogP contribution in [0.3, 0.4) is 0 Å². The Hall–Kier alpha value is -1.84. The van der Waals surface area contributed by atoms with Gasteiger partial charge in [-0.3, -0.25) is 4.79 Å². The van der Waals surface area contributed by atoms with Crippen LogP contribution in [0.25, 0.3) is 0 Å². The summed E-state index contributed by atoms with van der Waals surface area (Å²) in [4.78, 5) is 12.0. The number of carbonyl (C=O) groups excluding carboxylic acids is 1. The zero-order valence-corrected chi connectivity index (χ0v) is 12.3. The number of hydrogen-bond donors (Lipinski definition) is 2. The molecular formula is C14H18N2O3S. The van der Waals surface area contributed by atoms with E-state index in [1.807, 2.05) is 13.8 Å². The zero-order chi connectivity index (χ0) is 15.2. The van der Waals surface area contributed by atoms with Crippen molar-refractivity contribution in [2.45, 2.75) is 31.2 Å². The van der Waals surface area contributed by atoms with E-state index in [0.29, 0.717) is 5.56 Å². The van der Waals surface area contributed by atoms with Gasteiger partial charge in [-0.2, -0.15) is 4.72 Å². The van der Waals surface area contributed by atoms with Crippen molar-refractivity contribution in [2.75, 3.05) is 6.54 Å². The van der Waals surface area contributed by atoms with E-state index < -0.39 is 10.0 Å². The van der Waals surface area contributed by atoms with Crippen molar-refractivity contribution in [1.29, 1.82) is 0 Å². The van der Waals surface area contributed by atoms with E-state index in [2.05, 4.69) is 16.0 Å². The normalized spacial score (nSPS) is 12.4. The van der Waals surface area contributed by atoms with Crippen LogP contribution in [0, 0.1) is 12.3 Å². The number of nitrogens with one attached hydrogen (secondary N) is 2. The molecule has 1 unspecified atom stereocenters. The lowest BCUT2D eigenvalue weighted by Crippen LogP contribution is -2.32. The van der Waals surface area contributed by atoms with E-state index in [1.165, 1.54) is 18.2 Å². The van der Waals surface area contributed by atoms with Crippen LogP contribution in [0.5, 0.6) is 0 Å². The van der Waals surface area contributed by atoms with Gasteiger partial charge in [0.15, 0.2) is 0 Å². The average Bonchev–Trinajstić information content (AvgIpc) is 2.45. The van der Waals surface area contributed by atoms with E-state index in [-0.39, 0.29) is 23.4 Å². The van der Waals surface area contributed by atoms with Crippen molar-refractivity contribution in [3.05, 3.63) is 29.8 Å². The van der Waals surface area contributed by atoms with Crippen molar-refractivity contribution < 1.29 is 13.2 Å². The minimum absolute atomic E-state index is 0.0181. The summed E-state index contributed by atoms with van der Waals surface area (Å²) in [5.41, 5.74) is 0.300. The number of terminal acetylenes is 1. The molecule has 108 valence electrons. The molecule has 2 N–H and O–H groups in total. The molecule has 1 atom stereocenters. The van der Waals surface area contributed by atoms with Gasteiger partial charge in [0.05, 0.1) is 11.4 Å². The third kappa shape index (κ3) is 4.37. The molecule has 0 aliphatic heterocycles. The predicted molar refractivity (Wildman–Crippen MR) is 77.7 cm³/mol. The summed E-state index contributed by atoms with van der Waals surface area (Å²) in [5, 5.41) is 2.78. The number of rotatable bonds is 6. The van der Waals surface area contributed by atoms with Crippen molar-refractivity contribution in [3.63, 3.8) is 0 Å². The molecule has 0 aromatic heterocycles. The maximum absolute atomic E-state index is 11.9. The molecule has 1 aromatic carbocycles. The fourth-order valence-corrected chi connectivity index (χ4v) is 2.41. The zero-order valence-electron chi connectivity index (χ0n) is 11.5. The first-order valence-electron chi connectivity index (χ1n) is 6.24. The van der Waals surface area contributed by atoms with Crippen LogP contribution in [0.4, 0.5) is 0 Å². The molecule has 6 heteroatoms. The molecule has 0 saturated carbocycles. The minimum Gasteiger partial charge on any atom is -0.350 e. The van der Waals surface area contributed by atoms with Gasteiger partial charge in [0, 0.05) is 11.6 Å². The number of sulfonamides is 1. The highest BCUT2D eigenvalue weighted by Gasteiger charge is 2.16. The lowest BCUT2D eigenvalue weighted by Gasteiger charge is -2.12. The molecule has 0 spiro atoms. The van der Waals surface area contributed by atoms with Crippen LogP contribution in [0.2, 0.25) is 0 Å². The first-order chi connectivity index (χ1) is 9.40. The molecule has 5 nitrogen and oxygen atoms in total. The van der Waals surface area contributed by atoms with Crippen LogP contribution in [-0.2, 0) is 10.0 Å². The van der Waals surface area contributed by atoms with E-state index in [0.717, 1.165) is 6.42 Å². The van der Waals surface area contributed by atoms with Crippen LogP contribution < -0.4 is 10.0 Å². The summed E-state index contributed by atoms with van der Waals surface area (Å²) in [7, 11) is -3.68. The lowest BCUT2D eigenvalue weighted by molar-refractivity contribution is 0.0939. The highest BCUT2D eigenvalue weighted by molar-refractivity contribution is 7.89. The Labute approximate surface area is 119 Å². The van der Waals surface area contributed by atoms with Gasteiger partial charge in [-0.1, -0.05) is 18.9 Å². The Bertz CT molecular complexity index is 618. The molecular weight excluding hydrogens is 276 g/mol. The summed E-state index contributed by atoms with van der Waals surface area (Å²) >= 11 is 0. The molecule has 0 aliphatic rings. The molecule has 0 radical (unpaired) electrons. The maximum Gasteiger partial charge on any atom is 0.251 e. The summed E-state index contributed by atoms with van der Waals surface area (Å²) in [6, 6.07) is 5.87. The molecule has 1 amide bonds. The van der Waals surface area contributed by atoms with E-state index in [4.69, 9.17) is 6.42 Å². The number of carbonyl (C=O) groups is 1. The monoisotopic (exact) mass is 294 g/mol. The Balaban J connectivity index is 2.97. The summed E-state index contributed by atoms with van der Waals surface area (Å²) in [6.45, 7) is 3.74. The molecule has 0 bridgehead atoms. The van der Waals surface area contributed by atoms with Crippen LogP contribution in [0.15, 0.2) is 29.2 Å². The second-order valence-corrected chi connectivity index (χ2v) is 6.11. The van der Waals surface area contributed by atoms with Gasteiger partial charge >= 0.3 is 0 Å². The lowest BCUT2D eigenvalue weighted by atomic mass is 10.2. The van der Waals surface area contributed by atoms with Gasteiger partial charge in [-0.15, -0.1) is 6.42 Å². The quantitative estimate of drug-likeness (QED) is 0.772. The summed E-state index contributed by atoms with van der Waals surface area (Å²) in [6.07, 6.45) is 5.82. The summed E-state index contributed by atoms with van der Waals surface area (Å²) < 4.78 is 26.1. The Kier molecular flexibility index (Phi) is 5.74. The topological polar surface area (TPSA) is 75.3 Å². The van der Waals surface area contributed by atoms with Crippen LogP contribution in [0.1, 0.15) is 30.6 Å². The second-order valence-electron chi connectivity index (χ2n) is 4.34. The first kappa shape index (κ1) is 16.2. The number of benzene rings is 1. The number of amides is 1. The fourth-order valence-electron chi connectivity index (χ4n) is 1.43. The molecule has 0 aliphatic carbocycles. The Morgan fingerprint density at radius 1 is 1.45 bits per heavy atom. The van der Waals surface area contributed by atoms with Gasteiger partial charge in [-0.25, -0.2) is 8.42 Å². The predicted octanol–water partition coefficient (Wildman–Crippen LogP) is 1.13. The second kappa shape index (κ2) is 7.08. The van der Waals surface area contributed by atoms with Gasteiger partial charge in [0.1, 0.15) is 0 Å². The minimum atomic E-state index is -3.68. The third-order valence-corrected chi connectivity index (χ3v) is 4.16. The van der Waals surface area contributed by atoms with Crippen molar-refractivity contribution >= 4 is 15.9 Å².